The minimum absolute atomic E-state index is 0.526. The summed E-state index contributed by atoms with van der Waals surface area (Å²) >= 11 is 1.61. The van der Waals surface area contributed by atoms with E-state index in [-0.39, 0.29) is 0 Å². The standard InChI is InChI=1S/C15H13N5S/c16-15-19-13-7-17-12-4-2-1-3-11(12)14(13)20(15)6-5-10-8-21-9-18-10/h1-4,7-9H,5-6H2,(H2,16,19). The monoisotopic (exact) mass is 295 g/mol. The van der Waals surface area contributed by atoms with Crippen molar-refractivity contribution in [3.8, 4) is 0 Å². The van der Waals surface area contributed by atoms with E-state index in [0.29, 0.717) is 5.95 Å². The Labute approximate surface area is 125 Å². The van der Waals surface area contributed by atoms with Crippen LogP contribution in [-0.4, -0.2) is 19.5 Å². The summed E-state index contributed by atoms with van der Waals surface area (Å²) in [4.78, 5) is 13.2. The van der Waals surface area contributed by atoms with Gasteiger partial charge in [-0.25, -0.2) is 9.97 Å². The molecule has 0 aliphatic carbocycles. The fraction of sp³-hybridized carbons (Fsp3) is 0.133. The van der Waals surface area contributed by atoms with Gasteiger partial charge < -0.3 is 10.3 Å². The number of aromatic nitrogens is 4. The molecule has 0 saturated carbocycles. The van der Waals surface area contributed by atoms with Crippen molar-refractivity contribution >= 4 is 39.2 Å². The van der Waals surface area contributed by atoms with E-state index in [4.69, 9.17) is 5.73 Å². The van der Waals surface area contributed by atoms with Crippen molar-refractivity contribution in [1.82, 2.24) is 19.5 Å². The number of imidazole rings is 1. The van der Waals surface area contributed by atoms with Crippen LogP contribution >= 0.6 is 11.3 Å². The molecular weight excluding hydrogens is 282 g/mol. The average molecular weight is 295 g/mol. The van der Waals surface area contributed by atoms with Crippen LogP contribution in [0.2, 0.25) is 0 Å². The van der Waals surface area contributed by atoms with Crippen LogP contribution in [0.5, 0.6) is 0 Å². The molecule has 3 heterocycles. The SMILES string of the molecule is Nc1nc2cnc3ccccc3c2n1CCc1cscn1. The molecule has 1 aromatic carbocycles. The van der Waals surface area contributed by atoms with Crippen molar-refractivity contribution in [2.75, 3.05) is 5.73 Å². The van der Waals surface area contributed by atoms with E-state index in [0.717, 1.165) is 40.6 Å². The molecule has 2 N–H and O–H groups in total. The normalized spacial score (nSPS) is 11.4. The zero-order valence-electron chi connectivity index (χ0n) is 11.2. The second-order valence-electron chi connectivity index (χ2n) is 4.86. The lowest BCUT2D eigenvalue weighted by Gasteiger charge is -2.07. The van der Waals surface area contributed by atoms with Gasteiger partial charge in [-0.05, 0) is 6.07 Å². The first-order chi connectivity index (χ1) is 10.3. The Morgan fingerprint density at radius 1 is 1.14 bits per heavy atom. The summed E-state index contributed by atoms with van der Waals surface area (Å²) in [5.41, 5.74) is 11.9. The Kier molecular flexibility index (Phi) is 2.82. The molecule has 0 spiro atoms. The van der Waals surface area contributed by atoms with Crippen molar-refractivity contribution < 1.29 is 0 Å². The van der Waals surface area contributed by atoms with Crippen molar-refractivity contribution in [2.24, 2.45) is 0 Å². The Morgan fingerprint density at radius 2 is 2.05 bits per heavy atom. The molecule has 0 amide bonds. The van der Waals surface area contributed by atoms with Crippen LogP contribution in [0.25, 0.3) is 21.9 Å². The van der Waals surface area contributed by atoms with Gasteiger partial charge in [0.2, 0.25) is 5.95 Å². The van der Waals surface area contributed by atoms with Gasteiger partial charge in [-0.1, -0.05) is 18.2 Å². The molecular formula is C15H13N5S. The highest BCUT2D eigenvalue weighted by atomic mass is 32.1. The lowest BCUT2D eigenvalue weighted by molar-refractivity contribution is 0.717. The number of rotatable bonds is 3. The Hall–Kier alpha value is -2.47. The Balaban J connectivity index is 1.86. The lowest BCUT2D eigenvalue weighted by atomic mass is 10.2. The molecule has 0 aliphatic heterocycles. The lowest BCUT2D eigenvalue weighted by Crippen LogP contribution is -2.06. The molecule has 0 atom stereocenters. The number of hydrogen-bond donors (Lipinski definition) is 1. The minimum atomic E-state index is 0.526. The molecule has 104 valence electrons. The van der Waals surface area contributed by atoms with Crippen molar-refractivity contribution in [2.45, 2.75) is 13.0 Å². The molecule has 3 aromatic heterocycles. The molecule has 0 bridgehead atoms. The predicted molar refractivity (Wildman–Crippen MR) is 85.3 cm³/mol. The number of anilines is 1. The predicted octanol–water partition coefficient (Wildman–Crippen LogP) is 2.87. The topological polar surface area (TPSA) is 69.6 Å². The Morgan fingerprint density at radius 3 is 2.90 bits per heavy atom. The molecule has 0 radical (unpaired) electrons. The van der Waals surface area contributed by atoms with Gasteiger partial charge in [0.15, 0.2) is 0 Å². The van der Waals surface area contributed by atoms with Gasteiger partial charge in [-0.15, -0.1) is 11.3 Å². The summed E-state index contributed by atoms with van der Waals surface area (Å²) in [7, 11) is 0. The van der Waals surface area contributed by atoms with Crippen LogP contribution in [0.15, 0.2) is 41.4 Å². The number of hydrogen-bond acceptors (Lipinski definition) is 5. The third kappa shape index (κ3) is 2.04. The van der Waals surface area contributed by atoms with Gasteiger partial charge in [0.25, 0.3) is 0 Å². The van der Waals surface area contributed by atoms with Crippen molar-refractivity contribution in [3.63, 3.8) is 0 Å². The summed E-state index contributed by atoms with van der Waals surface area (Å²) in [6.07, 6.45) is 2.63. The van der Waals surface area contributed by atoms with Gasteiger partial charge >= 0.3 is 0 Å². The fourth-order valence-corrected chi connectivity index (χ4v) is 3.19. The number of thiazole rings is 1. The number of nitrogens with two attached hydrogens (primary N) is 1. The van der Waals surface area contributed by atoms with Gasteiger partial charge in [-0.2, -0.15) is 0 Å². The second-order valence-corrected chi connectivity index (χ2v) is 5.58. The quantitative estimate of drug-likeness (QED) is 0.631. The summed E-state index contributed by atoms with van der Waals surface area (Å²) < 4.78 is 2.05. The molecule has 0 fully saturated rings. The van der Waals surface area contributed by atoms with E-state index in [9.17, 15) is 0 Å². The van der Waals surface area contributed by atoms with Crippen LogP contribution in [0, 0.1) is 0 Å². The van der Waals surface area contributed by atoms with E-state index in [1.807, 2.05) is 23.7 Å². The maximum atomic E-state index is 6.09. The van der Waals surface area contributed by atoms with Crippen LogP contribution in [-0.2, 0) is 13.0 Å². The summed E-state index contributed by atoms with van der Waals surface area (Å²) in [6.45, 7) is 0.764. The zero-order chi connectivity index (χ0) is 14.2. The highest BCUT2D eigenvalue weighted by Crippen LogP contribution is 2.25. The summed E-state index contributed by atoms with van der Waals surface area (Å²) in [5.74, 6) is 0.526. The number of nitrogen functional groups attached to an aromatic ring is 1. The first-order valence-electron chi connectivity index (χ1n) is 6.69. The molecule has 5 nitrogen and oxygen atoms in total. The fourth-order valence-electron chi connectivity index (χ4n) is 2.59. The number of fused-ring (bicyclic) bond motifs is 3. The van der Waals surface area contributed by atoms with E-state index < -0.39 is 0 Å². The molecule has 0 aliphatic rings. The summed E-state index contributed by atoms with van der Waals surface area (Å²) in [6, 6.07) is 8.06. The second kappa shape index (κ2) is 4.82. The third-order valence-corrected chi connectivity index (χ3v) is 4.22. The van der Waals surface area contributed by atoms with Crippen LogP contribution in [0.1, 0.15) is 5.69 Å². The largest absolute Gasteiger partial charge is 0.369 e. The maximum absolute atomic E-state index is 6.09. The first kappa shape index (κ1) is 12.3. The van der Waals surface area contributed by atoms with Gasteiger partial charge in [0.1, 0.15) is 5.52 Å². The molecule has 0 unspecified atom stereocenters. The number of benzene rings is 1. The first-order valence-corrected chi connectivity index (χ1v) is 7.64. The number of aryl methyl sites for hydroxylation is 2. The Bertz CT molecular complexity index is 911. The molecule has 6 heteroatoms. The zero-order valence-corrected chi connectivity index (χ0v) is 12.0. The molecule has 4 rings (SSSR count). The van der Waals surface area contributed by atoms with E-state index >= 15 is 0 Å². The maximum Gasteiger partial charge on any atom is 0.201 e. The third-order valence-electron chi connectivity index (χ3n) is 3.58. The smallest absolute Gasteiger partial charge is 0.201 e. The number of para-hydroxylation sites is 1. The average Bonchev–Trinajstić information content (AvgIpc) is 3.12. The van der Waals surface area contributed by atoms with Crippen LogP contribution in [0.4, 0.5) is 5.95 Å². The van der Waals surface area contributed by atoms with E-state index in [1.54, 1.807) is 17.5 Å². The highest BCUT2D eigenvalue weighted by Gasteiger charge is 2.12. The van der Waals surface area contributed by atoms with Crippen molar-refractivity contribution in [3.05, 3.63) is 47.0 Å². The van der Waals surface area contributed by atoms with Gasteiger partial charge in [0, 0.05) is 23.7 Å². The molecule has 21 heavy (non-hydrogen) atoms. The van der Waals surface area contributed by atoms with Gasteiger partial charge in [-0.3, -0.25) is 4.98 Å². The molecule has 4 aromatic rings. The molecule has 0 saturated heterocycles. The van der Waals surface area contributed by atoms with Crippen LogP contribution < -0.4 is 5.73 Å². The van der Waals surface area contributed by atoms with Crippen molar-refractivity contribution in [1.29, 1.82) is 0 Å². The number of pyridine rings is 1. The van der Waals surface area contributed by atoms with E-state index in [1.165, 1.54) is 0 Å². The van der Waals surface area contributed by atoms with Gasteiger partial charge in [0.05, 0.1) is 28.4 Å². The highest BCUT2D eigenvalue weighted by molar-refractivity contribution is 7.07. The van der Waals surface area contributed by atoms with Crippen LogP contribution in [0.3, 0.4) is 0 Å². The number of nitrogens with zero attached hydrogens (tertiary/aromatic N) is 4. The minimum Gasteiger partial charge on any atom is -0.369 e. The van der Waals surface area contributed by atoms with E-state index in [2.05, 4.69) is 31.0 Å². The summed E-state index contributed by atoms with van der Waals surface area (Å²) in [5, 5.41) is 3.15.